The fourth-order valence-electron chi connectivity index (χ4n) is 3.48. The van der Waals surface area contributed by atoms with Crippen LogP contribution >= 0.6 is 11.8 Å². The minimum absolute atomic E-state index is 0.00545. The maximum absolute atomic E-state index is 12.5. The van der Waals surface area contributed by atoms with Crippen LogP contribution in [0.15, 0.2) is 29.4 Å². The van der Waals surface area contributed by atoms with Gasteiger partial charge in [-0.05, 0) is 51.2 Å². The summed E-state index contributed by atoms with van der Waals surface area (Å²) < 4.78 is 7.99. The number of hydrogen-bond donors (Lipinski definition) is 1. The molecule has 28 heavy (non-hydrogen) atoms. The maximum Gasteiger partial charge on any atom is 0.230 e. The SMILES string of the molecule is CCc1ccc([C@@H](C)NC(=O)CSc2nc(C)c(C)n2C[C@H]2CCCO2)cc1. The minimum Gasteiger partial charge on any atom is -0.376 e. The molecule has 1 amide bonds. The highest BCUT2D eigenvalue weighted by Crippen LogP contribution is 2.24. The molecule has 1 aromatic carbocycles. The molecule has 1 aliphatic rings. The van der Waals surface area contributed by atoms with Crippen molar-refractivity contribution >= 4 is 17.7 Å². The van der Waals surface area contributed by atoms with Gasteiger partial charge in [-0.1, -0.05) is 43.0 Å². The number of aromatic nitrogens is 2. The molecular formula is C22H31N3O2S. The van der Waals surface area contributed by atoms with E-state index in [2.05, 4.69) is 53.0 Å². The molecule has 3 rings (SSSR count). The van der Waals surface area contributed by atoms with Crippen molar-refractivity contribution in [1.82, 2.24) is 14.9 Å². The number of benzene rings is 1. The molecule has 1 aromatic heterocycles. The Kier molecular flexibility index (Phi) is 7.18. The third-order valence-electron chi connectivity index (χ3n) is 5.43. The monoisotopic (exact) mass is 401 g/mol. The van der Waals surface area contributed by atoms with Gasteiger partial charge in [-0.15, -0.1) is 0 Å². The van der Waals surface area contributed by atoms with E-state index < -0.39 is 0 Å². The van der Waals surface area contributed by atoms with Crippen LogP contribution in [0.4, 0.5) is 0 Å². The molecular weight excluding hydrogens is 370 g/mol. The van der Waals surface area contributed by atoms with Gasteiger partial charge in [-0.2, -0.15) is 0 Å². The third kappa shape index (κ3) is 5.17. The first kappa shape index (κ1) is 20.9. The van der Waals surface area contributed by atoms with Gasteiger partial charge in [0.2, 0.25) is 5.91 Å². The van der Waals surface area contributed by atoms with Crippen molar-refractivity contribution in [1.29, 1.82) is 0 Å². The average Bonchev–Trinajstić information content (AvgIpc) is 3.30. The first-order valence-electron chi connectivity index (χ1n) is 10.1. The molecule has 1 aliphatic heterocycles. The Bertz CT molecular complexity index is 795. The fraction of sp³-hybridized carbons (Fsp3) is 0.545. The number of amides is 1. The number of rotatable bonds is 8. The first-order chi connectivity index (χ1) is 13.5. The van der Waals surface area contributed by atoms with E-state index in [1.54, 1.807) is 0 Å². The molecule has 0 aliphatic carbocycles. The van der Waals surface area contributed by atoms with Crippen LogP contribution in [0.2, 0.25) is 0 Å². The zero-order chi connectivity index (χ0) is 20.1. The molecule has 0 bridgehead atoms. The Morgan fingerprint density at radius 1 is 1.36 bits per heavy atom. The van der Waals surface area contributed by atoms with Crippen LogP contribution < -0.4 is 5.32 Å². The maximum atomic E-state index is 12.5. The van der Waals surface area contributed by atoms with Gasteiger partial charge in [0.25, 0.3) is 0 Å². The molecule has 5 nitrogen and oxygen atoms in total. The van der Waals surface area contributed by atoms with Gasteiger partial charge in [-0.3, -0.25) is 4.79 Å². The number of nitrogens with one attached hydrogen (secondary N) is 1. The van der Waals surface area contributed by atoms with Crippen LogP contribution in [0.25, 0.3) is 0 Å². The molecule has 0 saturated carbocycles. The highest BCUT2D eigenvalue weighted by Gasteiger charge is 2.21. The van der Waals surface area contributed by atoms with Gasteiger partial charge in [0.1, 0.15) is 0 Å². The summed E-state index contributed by atoms with van der Waals surface area (Å²) in [6.45, 7) is 9.94. The summed E-state index contributed by atoms with van der Waals surface area (Å²) in [4.78, 5) is 17.1. The van der Waals surface area contributed by atoms with E-state index in [1.807, 2.05) is 13.8 Å². The second-order valence-corrected chi connectivity index (χ2v) is 8.43. The van der Waals surface area contributed by atoms with E-state index in [-0.39, 0.29) is 18.1 Å². The van der Waals surface area contributed by atoms with Crippen LogP contribution in [-0.4, -0.2) is 33.9 Å². The zero-order valence-corrected chi connectivity index (χ0v) is 18.1. The molecule has 1 fully saturated rings. The number of carbonyl (C=O) groups is 1. The molecule has 0 radical (unpaired) electrons. The van der Waals surface area contributed by atoms with Gasteiger partial charge in [0.15, 0.2) is 5.16 Å². The summed E-state index contributed by atoms with van der Waals surface area (Å²) in [7, 11) is 0. The quantitative estimate of drug-likeness (QED) is 0.673. The molecule has 0 spiro atoms. The number of hydrogen-bond acceptors (Lipinski definition) is 4. The van der Waals surface area contributed by atoms with Crippen molar-refractivity contribution in [3.8, 4) is 0 Å². The summed E-state index contributed by atoms with van der Waals surface area (Å²) in [6, 6.07) is 8.44. The molecule has 152 valence electrons. The van der Waals surface area contributed by atoms with E-state index in [1.165, 1.54) is 17.3 Å². The fourth-order valence-corrected chi connectivity index (χ4v) is 4.39. The second-order valence-electron chi connectivity index (χ2n) is 7.48. The molecule has 2 heterocycles. The Morgan fingerprint density at radius 2 is 2.11 bits per heavy atom. The predicted octanol–water partition coefficient (Wildman–Crippen LogP) is 4.21. The third-order valence-corrected chi connectivity index (χ3v) is 6.41. The Balaban J connectivity index is 1.57. The normalized spacial score (nSPS) is 17.6. The Hall–Kier alpha value is -1.79. The Morgan fingerprint density at radius 3 is 2.75 bits per heavy atom. The second kappa shape index (κ2) is 9.61. The van der Waals surface area contributed by atoms with Gasteiger partial charge >= 0.3 is 0 Å². The topological polar surface area (TPSA) is 56.2 Å². The van der Waals surface area contributed by atoms with Crippen LogP contribution in [0, 0.1) is 13.8 Å². The molecule has 1 N–H and O–H groups in total. The number of thioether (sulfide) groups is 1. The van der Waals surface area contributed by atoms with Crippen molar-refractivity contribution in [3.05, 3.63) is 46.8 Å². The average molecular weight is 402 g/mol. The molecule has 6 heteroatoms. The van der Waals surface area contributed by atoms with Gasteiger partial charge in [-0.25, -0.2) is 4.98 Å². The summed E-state index contributed by atoms with van der Waals surface area (Å²) in [6.07, 6.45) is 3.50. The molecule has 0 unspecified atom stereocenters. The van der Waals surface area contributed by atoms with Crippen LogP contribution in [0.1, 0.15) is 55.2 Å². The van der Waals surface area contributed by atoms with Crippen molar-refractivity contribution < 1.29 is 9.53 Å². The van der Waals surface area contributed by atoms with E-state index in [0.717, 1.165) is 54.5 Å². The van der Waals surface area contributed by atoms with Crippen molar-refractivity contribution in [2.24, 2.45) is 0 Å². The highest BCUT2D eigenvalue weighted by atomic mass is 32.2. The highest BCUT2D eigenvalue weighted by molar-refractivity contribution is 7.99. The minimum atomic E-state index is -0.00545. The number of imidazole rings is 1. The lowest BCUT2D eigenvalue weighted by atomic mass is 10.1. The van der Waals surface area contributed by atoms with Gasteiger partial charge in [0, 0.05) is 12.3 Å². The number of nitrogens with zero attached hydrogens (tertiary/aromatic N) is 2. The summed E-state index contributed by atoms with van der Waals surface area (Å²) >= 11 is 1.50. The summed E-state index contributed by atoms with van der Waals surface area (Å²) in [5.41, 5.74) is 4.61. The standard InChI is InChI=1S/C22H31N3O2S/c1-5-18-8-10-19(11-9-18)16(3)23-21(26)14-28-22-24-15(2)17(4)25(22)13-20-7-6-12-27-20/h8-11,16,20H,5-7,12-14H2,1-4H3,(H,23,26)/t16-,20-/m1/s1. The van der Waals surface area contributed by atoms with Crippen molar-refractivity contribution in [3.63, 3.8) is 0 Å². The Labute approximate surface area is 172 Å². The van der Waals surface area contributed by atoms with E-state index in [0.29, 0.717) is 5.75 Å². The van der Waals surface area contributed by atoms with Crippen LogP contribution in [0.3, 0.4) is 0 Å². The number of carbonyl (C=O) groups excluding carboxylic acids is 1. The molecule has 2 atom stereocenters. The molecule has 1 saturated heterocycles. The van der Waals surface area contributed by atoms with E-state index >= 15 is 0 Å². The largest absolute Gasteiger partial charge is 0.376 e. The number of ether oxygens (including phenoxy) is 1. The van der Waals surface area contributed by atoms with E-state index in [4.69, 9.17) is 4.74 Å². The van der Waals surface area contributed by atoms with Crippen molar-refractivity contribution in [2.45, 2.75) is 70.8 Å². The lowest BCUT2D eigenvalue weighted by Gasteiger charge is -2.16. The zero-order valence-electron chi connectivity index (χ0n) is 17.3. The predicted molar refractivity (Wildman–Crippen MR) is 114 cm³/mol. The number of aryl methyl sites for hydroxylation is 2. The smallest absolute Gasteiger partial charge is 0.230 e. The lowest BCUT2D eigenvalue weighted by molar-refractivity contribution is -0.119. The van der Waals surface area contributed by atoms with Crippen LogP contribution in [0.5, 0.6) is 0 Å². The first-order valence-corrected chi connectivity index (χ1v) is 11.1. The molecule has 2 aromatic rings. The van der Waals surface area contributed by atoms with Gasteiger partial charge < -0.3 is 14.6 Å². The summed E-state index contributed by atoms with van der Waals surface area (Å²) in [5, 5.41) is 4.00. The lowest BCUT2D eigenvalue weighted by Crippen LogP contribution is -2.28. The van der Waals surface area contributed by atoms with Crippen molar-refractivity contribution in [2.75, 3.05) is 12.4 Å². The van der Waals surface area contributed by atoms with E-state index in [9.17, 15) is 4.79 Å². The summed E-state index contributed by atoms with van der Waals surface area (Å²) in [5.74, 6) is 0.387. The van der Waals surface area contributed by atoms with Crippen LogP contribution in [-0.2, 0) is 22.5 Å². The van der Waals surface area contributed by atoms with Gasteiger partial charge in [0.05, 0.1) is 30.1 Å².